The van der Waals surface area contributed by atoms with Crippen LogP contribution in [0, 0.1) is 5.92 Å². The van der Waals surface area contributed by atoms with Crippen LogP contribution in [0.1, 0.15) is 27.2 Å². The van der Waals surface area contributed by atoms with E-state index in [4.69, 9.17) is 14.2 Å². The highest BCUT2D eigenvalue weighted by atomic mass is 16.7. The van der Waals surface area contributed by atoms with E-state index in [1.54, 1.807) is 0 Å². The summed E-state index contributed by atoms with van der Waals surface area (Å²) in [5.74, 6) is -0.00552. The molecule has 0 bridgehead atoms. The van der Waals surface area contributed by atoms with E-state index < -0.39 is 5.79 Å². The smallest absolute Gasteiger partial charge is 0.163 e. The zero-order valence-electron chi connectivity index (χ0n) is 9.84. The molecule has 0 radical (unpaired) electrons. The van der Waals surface area contributed by atoms with Crippen molar-refractivity contribution in [2.75, 3.05) is 19.8 Å². The molecule has 2 aliphatic heterocycles. The van der Waals surface area contributed by atoms with Gasteiger partial charge in [-0.25, -0.2) is 0 Å². The van der Waals surface area contributed by atoms with Gasteiger partial charge in [0.2, 0.25) is 0 Å². The third-order valence-electron chi connectivity index (χ3n) is 3.27. The molecular formula is C12H20O3. The molecule has 0 aromatic rings. The lowest BCUT2D eigenvalue weighted by molar-refractivity contribution is -0.301. The van der Waals surface area contributed by atoms with Crippen molar-refractivity contribution in [3.05, 3.63) is 12.2 Å². The number of rotatable bonds is 1. The second-order valence-corrected chi connectivity index (χ2v) is 5.22. The molecule has 2 rings (SSSR count). The van der Waals surface area contributed by atoms with Gasteiger partial charge in [-0.05, 0) is 27.2 Å². The van der Waals surface area contributed by atoms with E-state index in [1.165, 1.54) is 5.57 Å². The molecular weight excluding hydrogens is 192 g/mol. The van der Waals surface area contributed by atoms with Crippen molar-refractivity contribution < 1.29 is 14.2 Å². The van der Waals surface area contributed by atoms with Crippen LogP contribution in [0.3, 0.4) is 0 Å². The molecule has 86 valence electrons. The minimum Gasteiger partial charge on any atom is -0.370 e. The Kier molecular flexibility index (Phi) is 2.65. The monoisotopic (exact) mass is 212 g/mol. The predicted octanol–water partition coefficient (Wildman–Crippen LogP) is 2.12. The number of hydrogen-bond acceptors (Lipinski definition) is 3. The quantitative estimate of drug-likeness (QED) is 0.623. The van der Waals surface area contributed by atoms with Gasteiger partial charge < -0.3 is 14.2 Å². The average Bonchev–Trinajstić information content (AvgIpc) is 2.56. The SMILES string of the molecule is C=C(C)C1COC2(COC(C)(C)OC2)C1. The Hall–Kier alpha value is -0.380. The molecule has 1 atom stereocenters. The summed E-state index contributed by atoms with van der Waals surface area (Å²) in [6.45, 7) is 11.9. The lowest BCUT2D eigenvalue weighted by Crippen LogP contribution is -2.50. The topological polar surface area (TPSA) is 27.7 Å². The Morgan fingerprint density at radius 2 is 1.80 bits per heavy atom. The van der Waals surface area contributed by atoms with Crippen molar-refractivity contribution in [1.82, 2.24) is 0 Å². The van der Waals surface area contributed by atoms with Crippen LogP contribution in [-0.4, -0.2) is 31.2 Å². The summed E-state index contributed by atoms with van der Waals surface area (Å²) >= 11 is 0. The van der Waals surface area contributed by atoms with E-state index in [0.29, 0.717) is 19.1 Å². The van der Waals surface area contributed by atoms with Crippen LogP contribution in [0.25, 0.3) is 0 Å². The summed E-state index contributed by atoms with van der Waals surface area (Å²) in [6.07, 6.45) is 0.971. The second-order valence-electron chi connectivity index (χ2n) is 5.22. The Balaban J connectivity index is 1.98. The lowest BCUT2D eigenvalue weighted by Gasteiger charge is -2.40. The standard InChI is InChI=1S/C12H20O3/c1-9(2)10-5-12(13-6-10)7-14-11(3,4)15-8-12/h10H,1,5-8H2,2-4H3. The van der Waals surface area contributed by atoms with Gasteiger partial charge in [-0.1, -0.05) is 12.2 Å². The van der Waals surface area contributed by atoms with Crippen LogP contribution in [0.5, 0.6) is 0 Å². The summed E-state index contributed by atoms with van der Waals surface area (Å²) in [5, 5.41) is 0. The minimum absolute atomic E-state index is 0.223. The van der Waals surface area contributed by atoms with E-state index in [2.05, 4.69) is 13.5 Å². The fraction of sp³-hybridized carbons (Fsp3) is 0.833. The van der Waals surface area contributed by atoms with E-state index in [0.717, 1.165) is 13.0 Å². The third kappa shape index (κ3) is 2.25. The molecule has 0 aliphatic carbocycles. The first-order valence-electron chi connectivity index (χ1n) is 5.50. The van der Waals surface area contributed by atoms with Crippen molar-refractivity contribution in [2.24, 2.45) is 5.92 Å². The molecule has 3 heteroatoms. The van der Waals surface area contributed by atoms with E-state index >= 15 is 0 Å². The molecule has 1 spiro atoms. The first-order chi connectivity index (χ1) is 6.93. The van der Waals surface area contributed by atoms with Gasteiger partial charge in [0, 0.05) is 5.92 Å². The third-order valence-corrected chi connectivity index (χ3v) is 3.27. The van der Waals surface area contributed by atoms with Crippen molar-refractivity contribution in [2.45, 2.75) is 38.6 Å². The van der Waals surface area contributed by atoms with Crippen LogP contribution >= 0.6 is 0 Å². The van der Waals surface area contributed by atoms with Gasteiger partial charge in [-0.2, -0.15) is 0 Å². The largest absolute Gasteiger partial charge is 0.370 e. The van der Waals surface area contributed by atoms with Crippen molar-refractivity contribution in [3.8, 4) is 0 Å². The molecule has 2 heterocycles. The number of hydrogen-bond donors (Lipinski definition) is 0. The molecule has 0 N–H and O–H groups in total. The highest BCUT2D eigenvalue weighted by molar-refractivity contribution is 5.04. The molecule has 15 heavy (non-hydrogen) atoms. The Morgan fingerprint density at radius 3 is 2.27 bits per heavy atom. The molecule has 2 saturated heterocycles. The van der Waals surface area contributed by atoms with Crippen LogP contribution < -0.4 is 0 Å². The molecule has 0 aromatic carbocycles. The Labute approximate surface area is 91.4 Å². The minimum atomic E-state index is -0.462. The molecule has 0 aromatic heterocycles. The first-order valence-corrected chi connectivity index (χ1v) is 5.50. The maximum atomic E-state index is 5.84. The van der Waals surface area contributed by atoms with Gasteiger partial charge in [0.1, 0.15) is 5.60 Å². The van der Waals surface area contributed by atoms with Crippen LogP contribution in [-0.2, 0) is 14.2 Å². The average molecular weight is 212 g/mol. The van der Waals surface area contributed by atoms with Gasteiger partial charge in [0.05, 0.1) is 19.8 Å². The Morgan fingerprint density at radius 1 is 1.20 bits per heavy atom. The summed E-state index contributed by atoms with van der Waals surface area (Å²) in [4.78, 5) is 0. The maximum absolute atomic E-state index is 5.84. The van der Waals surface area contributed by atoms with Crippen LogP contribution in [0.2, 0.25) is 0 Å². The van der Waals surface area contributed by atoms with E-state index in [-0.39, 0.29) is 5.60 Å². The van der Waals surface area contributed by atoms with E-state index in [1.807, 2.05) is 13.8 Å². The molecule has 2 fully saturated rings. The highest BCUT2D eigenvalue weighted by Crippen LogP contribution is 2.38. The number of ether oxygens (including phenoxy) is 3. The summed E-state index contributed by atoms with van der Waals surface area (Å²) in [7, 11) is 0. The lowest BCUT2D eigenvalue weighted by atomic mass is 9.91. The maximum Gasteiger partial charge on any atom is 0.163 e. The van der Waals surface area contributed by atoms with Gasteiger partial charge in [-0.15, -0.1) is 0 Å². The second kappa shape index (κ2) is 3.58. The van der Waals surface area contributed by atoms with Gasteiger partial charge in [0.15, 0.2) is 5.79 Å². The van der Waals surface area contributed by atoms with Crippen molar-refractivity contribution in [3.63, 3.8) is 0 Å². The predicted molar refractivity (Wildman–Crippen MR) is 57.6 cm³/mol. The zero-order chi connectivity index (χ0) is 11.1. The normalized spacial score (nSPS) is 33.1. The molecule has 3 nitrogen and oxygen atoms in total. The van der Waals surface area contributed by atoms with Gasteiger partial charge in [-0.3, -0.25) is 0 Å². The molecule has 1 unspecified atom stereocenters. The highest BCUT2D eigenvalue weighted by Gasteiger charge is 2.46. The summed E-state index contributed by atoms with van der Waals surface area (Å²) in [5.41, 5.74) is 0.968. The fourth-order valence-electron chi connectivity index (χ4n) is 2.06. The first kappa shape index (κ1) is 11.1. The molecule has 0 saturated carbocycles. The Bertz CT molecular complexity index is 260. The van der Waals surface area contributed by atoms with Crippen molar-refractivity contribution in [1.29, 1.82) is 0 Å². The molecule has 0 amide bonds. The zero-order valence-corrected chi connectivity index (χ0v) is 9.84. The van der Waals surface area contributed by atoms with Crippen molar-refractivity contribution >= 4 is 0 Å². The summed E-state index contributed by atoms with van der Waals surface area (Å²) < 4.78 is 17.1. The summed E-state index contributed by atoms with van der Waals surface area (Å²) in [6, 6.07) is 0. The van der Waals surface area contributed by atoms with Gasteiger partial charge >= 0.3 is 0 Å². The van der Waals surface area contributed by atoms with Crippen LogP contribution in [0.4, 0.5) is 0 Å². The fourth-order valence-corrected chi connectivity index (χ4v) is 2.06. The van der Waals surface area contributed by atoms with E-state index in [9.17, 15) is 0 Å². The van der Waals surface area contributed by atoms with Gasteiger partial charge in [0.25, 0.3) is 0 Å². The van der Waals surface area contributed by atoms with Crippen LogP contribution in [0.15, 0.2) is 12.2 Å². The molecule has 2 aliphatic rings.